The highest BCUT2D eigenvalue weighted by atomic mass is 16.6. The van der Waals surface area contributed by atoms with E-state index in [1.165, 1.54) is 6.92 Å². The molecule has 158 valence electrons. The van der Waals surface area contributed by atoms with E-state index < -0.39 is 18.1 Å². The van der Waals surface area contributed by atoms with Gasteiger partial charge in [-0.25, -0.2) is 4.79 Å². The van der Waals surface area contributed by atoms with Crippen molar-refractivity contribution in [2.75, 3.05) is 6.61 Å². The van der Waals surface area contributed by atoms with E-state index in [-0.39, 0.29) is 36.9 Å². The third kappa shape index (κ3) is 8.44. The maximum Gasteiger partial charge on any atom is 0.415 e. The maximum atomic E-state index is 12.6. The van der Waals surface area contributed by atoms with Gasteiger partial charge in [-0.15, -0.1) is 0 Å². The minimum atomic E-state index is -1.63. The second kappa shape index (κ2) is 12.6. The van der Waals surface area contributed by atoms with Crippen LogP contribution in [0.15, 0.2) is 42.1 Å². The summed E-state index contributed by atoms with van der Waals surface area (Å²) in [5, 5.41) is 10.5. The molecule has 0 bridgehead atoms. The van der Waals surface area contributed by atoms with Gasteiger partial charge >= 0.3 is 6.09 Å². The number of rotatable bonds is 11. The molecule has 0 radical (unpaired) electrons. The lowest BCUT2D eigenvalue weighted by Gasteiger charge is -2.30. The number of hydrogen-bond donors (Lipinski definition) is 1. The minimum Gasteiger partial charge on any atom is -0.415 e. The number of allylic oxidation sites excluding steroid dienone is 1. The topological polar surface area (TPSA) is 59.0 Å². The van der Waals surface area contributed by atoms with Crippen LogP contribution in [0.2, 0.25) is 0 Å². The van der Waals surface area contributed by atoms with Crippen LogP contribution < -0.4 is 0 Å². The van der Waals surface area contributed by atoms with Crippen LogP contribution in [-0.2, 0) is 16.1 Å². The first kappa shape index (κ1) is 20.9. The average molecular weight is 394 g/mol. The van der Waals surface area contributed by atoms with Crippen molar-refractivity contribution < 1.29 is 22.1 Å². The third-order valence-electron chi connectivity index (χ3n) is 4.32. The molecule has 0 saturated heterocycles. The Labute approximate surface area is 173 Å². The lowest BCUT2D eigenvalue weighted by atomic mass is 9.96. The summed E-state index contributed by atoms with van der Waals surface area (Å²) in [5.41, 5.74) is 1.01. The Kier molecular flexibility index (Phi) is 9.38. The van der Waals surface area contributed by atoms with E-state index in [1.54, 1.807) is 11.8 Å². The lowest BCUT2D eigenvalue weighted by Crippen LogP contribution is -2.42. The summed E-state index contributed by atoms with van der Waals surface area (Å²) >= 11 is 0. The average Bonchev–Trinajstić information content (AvgIpc) is 2.69. The van der Waals surface area contributed by atoms with Crippen LogP contribution in [0.25, 0.3) is 0 Å². The molecule has 1 N–H and O–H groups in total. The van der Waals surface area contributed by atoms with E-state index >= 15 is 0 Å². The van der Waals surface area contributed by atoms with Crippen molar-refractivity contribution in [1.82, 2.24) is 4.90 Å². The molecule has 0 heterocycles. The van der Waals surface area contributed by atoms with E-state index in [9.17, 15) is 9.90 Å². The van der Waals surface area contributed by atoms with Gasteiger partial charge in [0.15, 0.2) is 0 Å². The Morgan fingerprint density at radius 1 is 1.25 bits per heavy atom. The van der Waals surface area contributed by atoms with Crippen LogP contribution in [0.1, 0.15) is 62.7 Å². The number of benzene rings is 1. The van der Waals surface area contributed by atoms with Gasteiger partial charge in [0.1, 0.15) is 5.76 Å². The molecule has 1 aromatic carbocycles. The summed E-state index contributed by atoms with van der Waals surface area (Å²) < 4.78 is 28.4. The van der Waals surface area contributed by atoms with Gasteiger partial charge in [-0.2, -0.15) is 0 Å². The summed E-state index contributed by atoms with van der Waals surface area (Å²) in [6, 6.07) is 9.34. The number of aliphatic hydroxyl groups is 1. The zero-order chi connectivity index (χ0) is 22.9. The molecule has 0 aliphatic carbocycles. The van der Waals surface area contributed by atoms with Crippen molar-refractivity contribution >= 4 is 6.09 Å². The quantitative estimate of drug-likeness (QED) is 0.418. The van der Waals surface area contributed by atoms with E-state index in [0.717, 1.165) is 5.56 Å². The second-order valence-electron chi connectivity index (χ2n) is 7.38. The van der Waals surface area contributed by atoms with Crippen molar-refractivity contribution in [2.24, 2.45) is 5.89 Å². The molecule has 1 amide bonds. The number of nitrogens with zero attached hydrogens (tertiary/aromatic N) is 1. The molecule has 1 rings (SSSR count). The summed E-state index contributed by atoms with van der Waals surface area (Å²) in [6.45, 7) is 11.4. The van der Waals surface area contributed by atoms with Crippen LogP contribution in [0, 0.1) is 5.89 Å². The first-order chi connectivity index (χ1) is 14.0. The molecular formula is C23H37NO4. The summed E-state index contributed by atoms with van der Waals surface area (Å²) in [4.78, 5) is 14.1. The summed E-state index contributed by atoms with van der Waals surface area (Å²) in [6.07, 6.45) is -1.22. The van der Waals surface area contributed by atoms with Crippen molar-refractivity contribution in [1.29, 1.82) is 0 Å². The van der Waals surface area contributed by atoms with Gasteiger partial charge in [-0.05, 0) is 59.1 Å². The van der Waals surface area contributed by atoms with E-state index in [0.29, 0.717) is 13.0 Å². The van der Waals surface area contributed by atoms with Crippen molar-refractivity contribution in [3.63, 3.8) is 0 Å². The highest BCUT2D eigenvalue weighted by Crippen LogP contribution is 2.19. The van der Waals surface area contributed by atoms with E-state index in [4.69, 9.17) is 12.2 Å². The molecule has 1 aromatic rings. The number of amides is 1. The third-order valence-corrected chi connectivity index (χ3v) is 4.32. The fourth-order valence-electron chi connectivity index (χ4n) is 2.96. The molecule has 5 nitrogen and oxygen atoms in total. The molecule has 2 atom stereocenters. The fourth-order valence-corrected chi connectivity index (χ4v) is 2.96. The highest BCUT2D eigenvalue weighted by molar-refractivity contribution is 5.69. The van der Waals surface area contributed by atoms with Gasteiger partial charge in [0.25, 0.3) is 0 Å². The van der Waals surface area contributed by atoms with Crippen LogP contribution in [0.4, 0.5) is 4.79 Å². The molecule has 5 heteroatoms. The maximum absolute atomic E-state index is 12.6. The standard InChI is InChI=1S/C23H37NO4/c1-7-22(25)21(13-14-27-16-20-11-9-8-10-12-20)15-19(6)28-23(26)24(17(2)3)18(4)5/h8-12,15,17-18,21-22,25H,7,13-14,16H2,1-6H3/b19-15-/t21-,22+/m1/s1/i15D,21D. The second-order valence-corrected chi connectivity index (χ2v) is 7.38. The van der Waals surface area contributed by atoms with E-state index in [1.807, 2.05) is 58.0 Å². The van der Waals surface area contributed by atoms with Gasteiger partial charge in [-0.1, -0.05) is 37.3 Å². The zero-order valence-corrected chi connectivity index (χ0v) is 18.1. The monoisotopic (exact) mass is 393 g/mol. The van der Waals surface area contributed by atoms with Crippen LogP contribution in [0.5, 0.6) is 0 Å². The summed E-state index contributed by atoms with van der Waals surface area (Å²) in [5.74, 6) is -1.60. The van der Waals surface area contributed by atoms with Gasteiger partial charge in [0.05, 0.1) is 14.1 Å². The molecule has 0 aromatic heterocycles. The predicted octanol–water partition coefficient (Wildman–Crippen LogP) is 5.14. The van der Waals surface area contributed by atoms with Crippen LogP contribution in [-0.4, -0.2) is 40.9 Å². The Morgan fingerprint density at radius 3 is 2.39 bits per heavy atom. The van der Waals surface area contributed by atoms with Gasteiger partial charge < -0.3 is 19.5 Å². The normalized spacial score (nSPS) is 16.8. The molecule has 0 spiro atoms. The molecule has 0 fully saturated rings. The first-order valence-electron chi connectivity index (χ1n) is 11.0. The Balaban J connectivity index is 2.91. The number of carbonyl (C=O) groups excluding carboxylic acids is 1. The van der Waals surface area contributed by atoms with Crippen molar-refractivity contribution in [3.05, 3.63) is 47.7 Å². The predicted molar refractivity (Wildman–Crippen MR) is 113 cm³/mol. The number of carbonyl (C=O) groups is 1. The first-order valence-corrected chi connectivity index (χ1v) is 10.0. The van der Waals surface area contributed by atoms with Gasteiger partial charge in [-0.3, -0.25) is 0 Å². The van der Waals surface area contributed by atoms with Crippen molar-refractivity contribution in [3.8, 4) is 0 Å². The Morgan fingerprint density at radius 2 is 1.86 bits per heavy atom. The van der Waals surface area contributed by atoms with Gasteiger partial charge in [0, 0.05) is 26.0 Å². The Bertz CT molecular complexity index is 686. The molecule has 28 heavy (non-hydrogen) atoms. The molecule has 0 saturated carbocycles. The number of ether oxygens (including phenoxy) is 2. The molecule has 0 aliphatic heterocycles. The number of aliphatic hydroxyl groups excluding tert-OH is 1. The summed E-state index contributed by atoms with van der Waals surface area (Å²) in [7, 11) is 0. The fraction of sp³-hybridized carbons (Fsp3) is 0.609. The smallest absolute Gasteiger partial charge is 0.415 e. The van der Waals surface area contributed by atoms with Crippen LogP contribution in [0.3, 0.4) is 0 Å². The molecule has 0 aliphatic rings. The van der Waals surface area contributed by atoms with Crippen LogP contribution >= 0.6 is 0 Å². The molecular weight excluding hydrogens is 354 g/mol. The zero-order valence-electron chi connectivity index (χ0n) is 20.1. The lowest BCUT2D eigenvalue weighted by molar-refractivity contribution is 0.0709. The van der Waals surface area contributed by atoms with Crippen molar-refractivity contribution in [2.45, 2.75) is 79.2 Å². The largest absolute Gasteiger partial charge is 0.415 e. The SMILES string of the molecule is [2H]/C(=C(\C)OC(=O)N(C(C)C)C(C)C)[C@@]([2H])(CCOCc1ccccc1)[C@@H](O)CC. The van der Waals surface area contributed by atoms with Gasteiger partial charge in [0.2, 0.25) is 0 Å². The highest BCUT2D eigenvalue weighted by Gasteiger charge is 2.23. The minimum absolute atomic E-state index is 0.0249. The number of hydrogen-bond acceptors (Lipinski definition) is 4. The Hall–Kier alpha value is -1.85. The van der Waals surface area contributed by atoms with E-state index in [2.05, 4.69) is 0 Å². The molecule has 0 unspecified atom stereocenters.